The maximum absolute atomic E-state index is 11.9. The smallest absolute Gasteiger partial charge is 0.223 e. The summed E-state index contributed by atoms with van der Waals surface area (Å²) in [6.07, 6.45) is 9.24. The van der Waals surface area contributed by atoms with Crippen LogP contribution in [0.25, 0.3) is 0 Å². The van der Waals surface area contributed by atoms with Gasteiger partial charge in [0.05, 0.1) is 0 Å². The van der Waals surface area contributed by atoms with Crippen LogP contribution in [0.15, 0.2) is 48.6 Å². The minimum Gasteiger partial charge on any atom is -0.459 e. The highest BCUT2D eigenvalue weighted by Gasteiger charge is 2.15. The summed E-state index contributed by atoms with van der Waals surface area (Å²) < 4.78 is 5.49. The zero-order valence-corrected chi connectivity index (χ0v) is 16.8. The number of hydrogen-bond acceptors (Lipinski definition) is 3. The Morgan fingerprint density at radius 3 is 2.24 bits per heavy atom. The quantitative estimate of drug-likeness (QED) is 0.463. The van der Waals surface area contributed by atoms with E-state index in [2.05, 4.69) is 18.1 Å². The van der Waals surface area contributed by atoms with Gasteiger partial charge < -0.3 is 14.5 Å². The number of rotatable bonds is 8. The minimum absolute atomic E-state index is 0.0378. The molecule has 4 heteroatoms. The molecule has 4 nitrogen and oxygen atoms in total. The Morgan fingerprint density at radius 1 is 1.12 bits per heavy atom. The first-order valence-corrected chi connectivity index (χ1v) is 9.31. The van der Waals surface area contributed by atoms with Gasteiger partial charge >= 0.3 is 0 Å². The van der Waals surface area contributed by atoms with Crippen LogP contribution < -0.4 is 0 Å². The number of hydrogen-bond donors (Lipinski definition) is 0. The predicted octanol–water partition coefficient (Wildman–Crippen LogP) is 4.87. The summed E-state index contributed by atoms with van der Waals surface area (Å²) in [7, 11) is 0. The Hall–Kier alpha value is -1.81. The fourth-order valence-electron chi connectivity index (χ4n) is 2.74. The monoisotopic (exact) mass is 348 g/mol. The Balaban J connectivity index is 0.00000277. The highest BCUT2D eigenvalue weighted by atomic mass is 16.5. The van der Waals surface area contributed by atoms with Gasteiger partial charge in [0.25, 0.3) is 0 Å². The van der Waals surface area contributed by atoms with Crippen molar-refractivity contribution in [2.45, 2.75) is 53.9 Å². The second-order valence-electron chi connectivity index (χ2n) is 5.89. The van der Waals surface area contributed by atoms with Crippen molar-refractivity contribution < 1.29 is 9.53 Å². The molecule has 25 heavy (non-hydrogen) atoms. The van der Waals surface area contributed by atoms with Crippen LogP contribution in [0.2, 0.25) is 0 Å². The SMILES string of the molecule is C=C(/C=C\C)OC(=C)/C=C(\C)N(CCN1CCCCC1)C(C)=O.CC. The molecule has 142 valence electrons. The van der Waals surface area contributed by atoms with Crippen LogP contribution in [0.4, 0.5) is 0 Å². The van der Waals surface area contributed by atoms with Crippen molar-refractivity contribution in [1.82, 2.24) is 9.80 Å². The van der Waals surface area contributed by atoms with Crippen LogP contribution in [-0.4, -0.2) is 41.9 Å². The van der Waals surface area contributed by atoms with E-state index in [0.29, 0.717) is 18.1 Å². The van der Waals surface area contributed by atoms with Gasteiger partial charge in [-0.2, -0.15) is 0 Å². The standard InChI is InChI=1S/C19H30N2O2.C2H6/c1-6-10-17(3)23-18(4)15-16(2)21(19(5)22)14-13-20-11-8-7-9-12-20;1-2/h6,10,15H,3-4,7-9,11-14H2,1-2,5H3;1-2H3/b10-6-,16-15+;. The first-order valence-electron chi connectivity index (χ1n) is 9.31. The van der Waals surface area contributed by atoms with Crippen molar-refractivity contribution in [3.63, 3.8) is 0 Å². The molecule has 0 radical (unpaired) electrons. The second kappa shape index (κ2) is 13.5. The second-order valence-corrected chi connectivity index (χ2v) is 5.89. The molecule has 0 aromatic rings. The number of amides is 1. The highest BCUT2D eigenvalue weighted by molar-refractivity contribution is 5.75. The molecule has 1 aliphatic rings. The van der Waals surface area contributed by atoms with E-state index in [1.807, 2.05) is 33.8 Å². The van der Waals surface area contributed by atoms with Gasteiger partial charge in [-0.25, -0.2) is 0 Å². The number of allylic oxidation sites excluding steroid dienone is 4. The number of carbonyl (C=O) groups excluding carboxylic acids is 1. The summed E-state index contributed by atoms with van der Waals surface area (Å²) >= 11 is 0. The molecular weight excluding hydrogens is 312 g/mol. The lowest BCUT2D eigenvalue weighted by Crippen LogP contribution is -2.39. The topological polar surface area (TPSA) is 32.8 Å². The Bertz CT molecular complexity index is 486. The molecule has 0 N–H and O–H groups in total. The van der Waals surface area contributed by atoms with E-state index >= 15 is 0 Å². The molecule has 0 bridgehead atoms. The van der Waals surface area contributed by atoms with Crippen LogP contribution in [0.3, 0.4) is 0 Å². The molecule has 0 aromatic carbocycles. The molecule has 0 atom stereocenters. The molecule has 1 saturated heterocycles. The molecule has 0 aromatic heterocycles. The lowest BCUT2D eigenvalue weighted by Gasteiger charge is -2.30. The minimum atomic E-state index is 0.0378. The van der Waals surface area contributed by atoms with E-state index < -0.39 is 0 Å². The first-order chi connectivity index (χ1) is 11.9. The lowest BCUT2D eigenvalue weighted by atomic mass is 10.1. The zero-order chi connectivity index (χ0) is 19.2. The van der Waals surface area contributed by atoms with Crippen molar-refractivity contribution in [3.8, 4) is 0 Å². The van der Waals surface area contributed by atoms with Gasteiger partial charge in [-0.15, -0.1) is 0 Å². The van der Waals surface area contributed by atoms with E-state index in [-0.39, 0.29) is 5.91 Å². The number of piperidine rings is 1. The van der Waals surface area contributed by atoms with Gasteiger partial charge in [0, 0.05) is 25.7 Å². The zero-order valence-electron chi connectivity index (χ0n) is 16.8. The summed E-state index contributed by atoms with van der Waals surface area (Å²) in [6, 6.07) is 0. The number of likely N-dealkylation sites (tertiary alicyclic amines) is 1. The van der Waals surface area contributed by atoms with Crippen molar-refractivity contribution in [2.75, 3.05) is 26.2 Å². The summed E-state index contributed by atoms with van der Waals surface area (Å²) in [4.78, 5) is 16.1. The third-order valence-electron chi connectivity index (χ3n) is 3.88. The molecule has 0 unspecified atom stereocenters. The van der Waals surface area contributed by atoms with E-state index in [1.165, 1.54) is 19.3 Å². The summed E-state index contributed by atoms with van der Waals surface area (Å²) in [6.45, 7) is 20.9. The summed E-state index contributed by atoms with van der Waals surface area (Å²) in [5, 5.41) is 0. The van der Waals surface area contributed by atoms with Gasteiger partial charge in [0.15, 0.2) is 0 Å². The maximum atomic E-state index is 11.9. The van der Waals surface area contributed by atoms with Gasteiger partial charge in [0.1, 0.15) is 11.5 Å². The average Bonchev–Trinajstić information content (AvgIpc) is 2.57. The first kappa shape index (κ1) is 23.2. The number of ether oxygens (including phenoxy) is 1. The Kier molecular flexibility index (Phi) is 12.5. The summed E-state index contributed by atoms with van der Waals surface area (Å²) in [5.74, 6) is 1.05. The highest BCUT2D eigenvalue weighted by Crippen LogP contribution is 2.13. The van der Waals surface area contributed by atoms with Crippen LogP contribution in [0, 0.1) is 0 Å². The molecular formula is C21H36N2O2. The fraction of sp³-hybridized carbons (Fsp3) is 0.571. The van der Waals surface area contributed by atoms with Crippen molar-refractivity contribution in [2.24, 2.45) is 0 Å². The molecule has 1 amide bonds. The molecule has 1 fully saturated rings. The number of carbonyl (C=O) groups is 1. The normalized spacial score (nSPS) is 15.3. The van der Waals surface area contributed by atoms with Crippen LogP contribution >= 0.6 is 0 Å². The van der Waals surface area contributed by atoms with Crippen LogP contribution in [0.5, 0.6) is 0 Å². The summed E-state index contributed by atoms with van der Waals surface area (Å²) in [5.41, 5.74) is 0.841. The lowest BCUT2D eigenvalue weighted by molar-refractivity contribution is -0.127. The molecule has 0 saturated carbocycles. The average molecular weight is 349 g/mol. The van der Waals surface area contributed by atoms with Crippen molar-refractivity contribution in [3.05, 3.63) is 48.6 Å². The Labute approximate surface area is 154 Å². The molecule has 1 rings (SSSR count). The molecule has 0 spiro atoms. The third kappa shape index (κ3) is 9.92. The van der Waals surface area contributed by atoms with Gasteiger partial charge in [-0.05, 0) is 51.9 Å². The number of nitrogens with zero attached hydrogens (tertiary/aromatic N) is 2. The van der Waals surface area contributed by atoms with Crippen molar-refractivity contribution >= 4 is 5.91 Å². The predicted molar refractivity (Wildman–Crippen MR) is 107 cm³/mol. The van der Waals surface area contributed by atoms with Crippen LogP contribution in [-0.2, 0) is 9.53 Å². The molecule has 1 aliphatic heterocycles. The maximum Gasteiger partial charge on any atom is 0.223 e. The van der Waals surface area contributed by atoms with E-state index in [9.17, 15) is 4.79 Å². The van der Waals surface area contributed by atoms with Gasteiger partial charge in [0.2, 0.25) is 5.91 Å². The van der Waals surface area contributed by atoms with E-state index in [1.54, 1.807) is 24.0 Å². The van der Waals surface area contributed by atoms with Crippen LogP contribution in [0.1, 0.15) is 53.9 Å². The largest absolute Gasteiger partial charge is 0.459 e. The van der Waals surface area contributed by atoms with Crippen molar-refractivity contribution in [1.29, 1.82) is 0 Å². The Morgan fingerprint density at radius 2 is 1.72 bits per heavy atom. The van der Waals surface area contributed by atoms with Gasteiger partial charge in [-0.1, -0.05) is 39.5 Å². The fourth-order valence-corrected chi connectivity index (χ4v) is 2.74. The molecule has 1 heterocycles. The third-order valence-corrected chi connectivity index (χ3v) is 3.88. The van der Waals surface area contributed by atoms with E-state index in [4.69, 9.17) is 4.74 Å². The molecule has 0 aliphatic carbocycles. The van der Waals surface area contributed by atoms with E-state index in [0.717, 1.165) is 25.3 Å². The van der Waals surface area contributed by atoms with Gasteiger partial charge in [-0.3, -0.25) is 4.79 Å².